The maximum absolute atomic E-state index is 12.8. The highest BCUT2D eigenvalue weighted by Gasteiger charge is 2.19. The molecule has 0 aliphatic heterocycles. The first-order chi connectivity index (χ1) is 34.0. The van der Waals surface area contributed by atoms with Crippen LogP contribution in [0.3, 0.4) is 0 Å². The van der Waals surface area contributed by atoms with E-state index in [4.69, 9.17) is 14.2 Å². The minimum absolute atomic E-state index is 0.0729. The number of carbonyl (C=O) groups is 3. The van der Waals surface area contributed by atoms with E-state index in [2.05, 4.69) is 69.4 Å². The largest absolute Gasteiger partial charge is 0.462 e. The number of rotatable bonds is 55. The first-order valence-corrected chi connectivity index (χ1v) is 30.1. The zero-order chi connectivity index (χ0) is 50.0. The topological polar surface area (TPSA) is 78.9 Å². The first-order valence-electron chi connectivity index (χ1n) is 30.1. The third-order valence-corrected chi connectivity index (χ3v) is 13.3. The molecule has 1 atom stereocenters. The Morgan fingerprint density at radius 2 is 0.536 bits per heavy atom. The van der Waals surface area contributed by atoms with Crippen LogP contribution in [0.25, 0.3) is 0 Å². The summed E-state index contributed by atoms with van der Waals surface area (Å²) in [6.45, 7) is 6.60. The number of allylic oxidation sites excluding steroid dienone is 8. The lowest BCUT2D eigenvalue weighted by atomic mass is 10.0. The summed E-state index contributed by atoms with van der Waals surface area (Å²) in [5.41, 5.74) is 0. The lowest BCUT2D eigenvalue weighted by Gasteiger charge is -2.18. The smallest absolute Gasteiger partial charge is 0.306 e. The zero-order valence-corrected chi connectivity index (χ0v) is 46.1. The number of hydrogen-bond donors (Lipinski definition) is 0. The molecule has 0 bridgehead atoms. The van der Waals surface area contributed by atoms with Gasteiger partial charge in [-0.2, -0.15) is 0 Å². The predicted octanol–water partition coefficient (Wildman–Crippen LogP) is 20.2. The maximum Gasteiger partial charge on any atom is 0.306 e. The molecule has 0 aliphatic carbocycles. The Labute approximate surface area is 428 Å². The van der Waals surface area contributed by atoms with Crippen LogP contribution in [0.2, 0.25) is 0 Å². The summed E-state index contributed by atoms with van der Waals surface area (Å²) in [5.74, 6) is -0.871. The van der Waals surface area contributed by atoms with Crippen LogP contribution in [0.1, 0.15) is 316 Å². The maximum atomic E-state index is 12.8. The molecular formula is C63H114O6. The van der Waals surface area contributed by atoms with E-state index in [1.165, 1.54) is 193 Å². The van der Waals surface area contributed by atoms with Crippen LogP contribution >= 0.6 is 0 Å². The summed E-state index contributed by atoms with van der Waals surface area (Å²) in [6, 6.07) is 0. The number of esters is 3. The lowest BCUT2D eigenvalue weighted by molar-refractivity contribution is -0.167. The summed E-state index contributed by atoms with van der Waals surface area (Å²) in [4.78, 5) is 38.0. The molecule has 0 aliphatic rings. The molecule has 0 amide bonds. The summed E-state index contributed by atoms with van der Waals surface area (Å²) >= 11 is 0. The van der Waals surface area contributed by atoms with Gasteiger partial charge in [-0.3, -0.25) is 14.4 Å². The SMILES string of the molecule is CCCC/C=C\CCCCCCCC(=O)OC(COC(=O)CCCCCCCCCCCCC)COC(=O)CCCCCCCCCCCCCCCC/C=C\C/C=C\C/C=C\CCCCCCC. The summed E-state index contributed by atoms with van der Waals surface area (Å²) in [5, 5.41) is 0. The average molecular weight is 968 g/mol. The fourth-order valence-electron chi connectivity index (χ4n) is 8.73. The van der Waals surface area contributed by atoms with E-state index in [1.54, 1.807) is 0 Å². The molecule has 0 aromatic rings. The van der Waals surface area contributed by atoms with Gasteiger partial charge in [-0.15, -0.1) is 0 Å². The Morgan fingerprint density at radius 1 is 0.290 bits per heavy atom. The Kier molecular flexibility index (Phi) is 55.7. The van der Waals surface area contributed by atoms with E-state index >= 15 is 0 Å². The second-order valence-corrected chi connectivity index (χ2v) is 20.3. The van der Waals surface area contributed by atoms with E-state index in [0.717, 1.165) is 83.5 Å². The molecule has 0 N–H and O–H groups in total. The molecule has 0 radical (unpaired) electrons. The summed E-state index contributed by atoms with van der Waals surface area (Å²) in [7, 11) is 0. The summed E-state index contributed by atoms with van der Waals surface area (Å²) < 4.78 is 16.8. The molecule has 402 valence electrons. The Hall–Kier alpha value is -2.63. The van der Waals surface area contributed by atoms with E-state index in [-0.39, 0.29) is 31.1 Å². The zero-order valence-electron chi connectivity index (χ0n) is 46.1. The van der Waals surface area contributed by atoms with E-state index in [9.17, 15) is 14.4 Å². The van der Waals surface area contributed by atoms with Gasteiger partial charge in [-0.05, 0) is 77.0 Å². The molecule has 6 nitrogen and oxygen atoms in total. The van der Waals surface area contributed by atoms with Gasteiger partial charge in [-0.1, -0.05) is 268 Å². The van der Waals surface area contributed by atoms with Crippen LogP contribution in [-0.2, 0) is 28.6 Å². The van der Waals surface area contributed by atoms with Gasteiger partial charge < -0.3 is 14.2 Å². The van der Waals surface area contributed by atoms with Crippen LogP contribution in [-0.4, -0.2) is 37.2 Å². The highest BCUT2D eigenvalue weighted by Crippen LogP contribution is 2.16. The Bertz CT molecular complexity index is 1200. The molecular weight excluding hydrogens is 853 g/mol. The normalized spacial score (nSPS) is 12.3. The van der Waals surface area contributed by atoms with Gasteiger partial charge >= 0.3 is 17.9 Å². The molecule has 0 fully saturated rings. The minimum Gasteiger partial charge on any atom is -0.462 e. The average Bonchev–Trinajstić information content (AvgIpc) is 3.35. The molecule has 0 rings (SSSR count). The molecule has 0 heterocycles. The second-order valence-electron chi connectivity index (χ2n) is 20.3. The van der Waals surface area contributed by atoms with E-state index in [0.29, 0.717) is 19.3 Å². The highest BCUT2D eigenvalue weighted by atomic mass is 16.6. The van der Waals surface area contributed by atoms with Crippen molar-refractivity contribution in [3.05, 3.63) is 48.6 Å². The van der Waals surface area contributed by atoms with Crippen molar-refractivity contribution in [2.75, 3.05) is 13.2 Å². The van der Waals surface area contributed by atoms with Gasteiger partial charge in [-0.25, -0.2) is 0 Å². The number of carbonyl (C=O) groups excluding carboxylic acids is 3. The number of hydrogen-bond acceptors (Lipinski definition) is 6. The Morgan fingerprint density at radius 3 is 0.870 bits per heavy atom. The molecule has 0 saturated carbocycles. The van der Waals surface area contributed by atoms with Crippen LogP contribution in [0.4, 0.5) is 0 Å². The Balaban J connectivity index is 4.10. The van der Waals surface area contributed by atoms with Gasteiger partial charge in [0.05, 0.1) is 0 Å². The van der Waals surface area contributed by atoms with Gasteiger partial charge in [0.1, 0.15) is 13.2 Å². The molecule has 0 aromatic carbocycles. The van der Waals surface area contributed by atoms with Crippen molar-refractivity contribution in [2.24, 2.45) is 0 Å². The van der Waals surface area contributed by atoms with Crippen LogP contribution in [0.15, 0.2) is 48.6 Å². The van der Waals surface area contributed by atoms with Gasteiger partial charge in [0.15, 0.2) is 6.10 Å². The third-order valence-electron chi connectivity index (χ3n) is 13.3. The standard InChI is InChI=1S/C63H114O6/c1-4-7-10-13-16-19-22-23-24-25-26-27-28-29-30-31-32-33-34-35-36-37-38-39-42-44-47-50-53-56-62(65)68-59-60(69-63(66)57-54-51-48-45-41-21-18-15-12-9-6-3)58-67-61(64)55-52-49-46-43-40-20-17-14-11-8-5-2/h15,18,22-23,25-26,28-29,60H,4-14,16-17,19-21,24,27,30-59H2,1-3H3/b18-15-,23-22-,26-25-,29-28-. The molecule has 0 saturated heterocycles. The molecule has 69 heavy (non-hydrogen) atoms. The molecule has 6 heteroatoms. The van der Waals surface area contributed by atoms with E-state index in [1.807, 2.05) is 0 Å². The molecule has 1 unspecified atom stereocenters. The van der Waals surface area contributed by atoms with Crippen molar-refractivity contribution in [3.8, 4) is 0 Å². The van der Waals surface area contributed by atoms with Crippen molar-refractivity contribution in [1.82, 2.24) is 0 Å². The minimum atomic E-state index is -0.773. The van der Waals surface area contributed by atoms with Gasteiger partial charge in [0.25, 0.3) is 0 Å². The van der Waals surface area contributed by atoms with Crippen LogP contribution in [0.5, 0.6) is 0 Å². The van der Waals surface area contributed by atoms with Crippen LogP contribution in [0, 0.1) is 0 Å². The quantitative estimate of drug-likeness (QED) is 0.0262. The number of ether oxygens (including phenoxy) is 3. The van der Waals surface area contributed by atoms with Gasteiger partial charge in [0, 0.05) is 19.3 Å². The lowest BCUT2D eigenvalue weighted by Crippen LogP contribution is -2.30. The predicted molar refractivity (Wildman–Crippen MR) is 298 cm³/mol. The monoisotopic (exact) mass is 967 g/mol. The van der Waals surface area contributed by atoms with Crippen molar-refractivity contribution in [3.63, 3.8) is 0 Å². The highest BCUT2D eigenvalue weighted by molar-refractivity contribution is 5.71. The van der Waals surface area contributed by atoms with Crippen molar-refractivity contribution >= 4 is 17.9 Å². The van der Waals surface area contributed by atoms with Crippen molar-refractivity contribution in [2.45, 2.75) is 322 Å². The van der Waals surface area contributed by atoms with Crippen LogP contribution < -0.4 is 0 Å². The fourth-order valence-corrected chi connectivity index (χ4v) is 8.73. The number of unbranched alkanes of at least 4 members (excludes halogenated alkanes) is 36. The molecule has 0 aromatic heterocycles. The third kappa shape index (κ3) is 56.2. The fraction of sp³-hybridized carbons (Fsp3) is 0.825. The summed E-state index contributed by atoms with van der Waals surface area (Å²) in [6.07, 6.45) is 71.3. The van der Waals surface area contributed by atoms with E-state index < -0.39 is 6.10 Å². The van der Waals surface area contributed by atoms with Crippen molar-refractivity contribution in [1.29, 1.82) is 0 Å². The molecule has 0 spiro atoms. The second kappa shape index (κ2) is 57.9. The first kappa shape index (κ1) is 66.4. The van der Waals surface area contributed by atoms with Crippen molar-refractivity contribution < 1.29 is 28.6 Å². The van der Waals surface area contributed by atoms with Gasteiger partial charge in [0.2, 0.25) is 0 Å².